The standard InChI is InChI=1S/C18H26F2N2O3/c1-22(14-6-4-3-5-7-14)11-10-21-17(23)13-8-9-15(24-2)16(12-13)25-18(19)20/h8-9,12,14,18H,3-7,10-11H2,1-2H3,(H,21,23). The molecule has 1 aliphatic rings. The molecule has 0 unspecified atom stereocenters. The number of rotatable bonds is 8. The minimum atomic E-state index is -2.98. The summed E-state index contributed by atoms with van der Waals surface area (Å²) in [5.41, 5.74) is 0.261. The molecule has 0 aromatic heterocycles. The first-order valence-corrected chi connectivity index (χ1v) is 8.62. The molecule has 0 saturated heterocycles. The highest BCUT2D eigenvalue weighted by Crippen LogP contribution is 2.29. The van der Waals surface area contributed by atoms with Crippen LogP contribution in [-0.4, -0.2) is 50.7 Å². The molecule has 1 aromatic carbocycles. The second-order valence-corrected chi connectivity index (χ2v) is 6.27. The molecule has 1 fully saturated rings. The van der Waals surface area contributed by atoms with Crippen molar-refractivity contribution in [2.24, 2.45) is 0 Å². The van der Waals surface area contributed by atoms with E-state index in [4.69, 9.17) is 4.74 Å². The number of amides is 1. The number of methoxy groups -OCH3 is 1. The van der Waals surface area contributed by atoms with Crippen molar-refractivity contribution >= 4 is 5.91 Å². The van der Waals surface area contributed by atoms with Crippen LogP contribution in [0.3, 0.4) is 0 Å². The van der Waals surface area contributed by atoms with Crippen molar-refractivity contribution in [1.29, 1.82) is 0 Å². The number of benzene rings is 1. The molecular weight excluding hydrogens is 330 g/mol. The van der Waals surface area contributed by atoms with Gasteiger partial charge in [-0.05, 0) is 38.1 Å². The predicted octanol–water partition coefficient (Wildman–Crippen LogP) is 3.29. The Morgan fingerprint density at radius 2 is 2.00 bits per heavy atom. The Hall–Kier alpha value is -1.89. The van der Waals surface area contributed by atoms with E-state index in [0.29, 0.717) is 12.6 Å². The highest BCUT2D eigenvalue weighted by Gasteiger charge is 2.18. The summed E-state index contributed by atoms with van der Waals surface area (Å²) >= 11 is 0. The summed E-state index contributed by atoms with van der Waals surface area (Å²) in [6.45, 7) is -1.72. The molecule has 1 saturated carbocycles. The summed E-state index contributed by atoms with van der Waals surface area (Å²) in [6.07, 6.45) is 6.25. The Kier molecular flexibility index (Phi) is 7.43. The van der Waals surface area contributed by atoms with E-state index < -0.39 is 6.61 Å². The second-order valence-electron chi connectivity index (χ2n) is 6.27. The SMILES string of the molecule is COc1ccc(C(=O)NCCN(C)C2CCCCC2)cc1OC(F)F. The highest BCUT2D eigenvalue weighted by atomic mass is 19.3. The van der Waals surface area contributed by atoms with Crippen LogP contribution in [0.2, 0.25) is 0 Å². The van der Waals surface area contributed by atoms with Gasteiger partial charge in [-0.1, -0.05) is 19.3 Å². The molecule has 0 heterocycles. The molecule has 0 aliphatic heterocycles. The van der Waals surface area contributed by atoms with Gasteiger partial charge in [-0.2, -0.15) is 8.78 Å². The van der Waals surface area contributed by atoms with Gasteiger partial charge in [0.1, 0.15) is 0 Å². The summed E-state index contributed by atoms with van der Waals surface area (Å²) in [5.74, 6) is -0.308. The van der Waals surface area contributed by atoms with Crippen molar-refractivity contribution in [3.05, 3.63) is 23.8 Å². The second kappa shape index (κ2) is 9.56. The molecule has 1 N–H and O–H groups in total. The molecular formula is C18H26F2N2O3. The molecule has 0 bridgehead atoms. The van der Waals surface area contributed by atoms with E-state index in [0.717, 1.165) is 6.54 Å². The van der Waals surface area contributed by atoms with E-state index in [1.165, 1.54) is 57.4 Å². The summed E-state index contributed by atoms with van der Waals surface area (Å²) in [5, 5.41) is 2.82. The molecule has 1 aromatic rings. The largest absolute Gasteiger partial charge is 0.493 e. The average molecular weight is 356 g/mol. The third kappa shape index (κ3) is 5.85. The minimum Gasteiger partial charge on any atom is -0.493 e. The van der Waals surface area contributed by atoms with Crippen LogP contribution in [0.4, 0.5) is 8.78 Å². The van der Waals surface area contributed by atoms with Crippen LogP contribution in [0.25, 0.3) is 0 Å². The monoisotopic (exact) mass is 356 g/mol. The molecule has 1 aliphatic carbocycles. The van der Waals surface area contributed by atoms with Crippen LogP contribution in [0.1, 0.15) is 42.5 Å². The molecule has 140 valence electrons. The Labute approximate surface area is 147 Å². The van der Waals surface area contributed by atoms with Gasteiger partial charge < -0.3 is 19.7 Å². The zero-order chi connectivity index (χ0) is 18.2. The Balaban J connectivity index is 1.87. The maximum Gasteiger partial charge on any atom is 0.387 e. The van der Waals surface area contributed by atoms with Crippen LogP contribution >= 0.6 is 0 Å². The number of nitrogens with zero attached hydrogens (tertiary/aromatic N) is 1. The predicted molar refractivity (Wildman–Crippen MR) is 91.5 cm³/mol. The molecule has 0 radical (unpaired) electrons. The lowest BCUT2D eigenvalue weighted by molar-refractivity contribution is -0.0512. The highest BCUT2D eigenvalue weighted by molar-refractivity contribution is 5.94. The lowest BCUT2D eigenvalue weighted by atomic mass is 9.94. The molecule has 0 spiro atoms. The Morgan fingerprint density at radius 3 is 2.64 bits per heavy atom. The topological polar surface area (TPSA) is 50.8 Å². The van der Waals surface area contributed by atoms with Crippen LogP contribution in [0.5, 0.6) is 11.5 Å². The van der Waals surface area contributed by atoms with Gasteiger partial charge in [-0.3, -0.25) is 4.79 Å². The van der Waals surface area contributed by atoms with Gasteiger partial charge in [-0.15, -0.1) is 0 Å². The van der Waals surface area contributed by atoms with Crippen LogP contribution in [0, 0.1) is 0 Å². The maximum absolute atomic E-state index is 12.5. The van der Waals surface area contributed by atoms with E-state index in [9.17, 15) is 13.6 Å². The maximum atomic E-state index is 12.5. The van der Waals surface area contributed by atoms with E-state index >= 15 is 0 Å². The van der Waals surface area contributed by atoms with E-state index in [1.54, 1.807) is 0 Å². The Bertz CT molecular complexity index is 563. The van der Waals surface area contributed by atoms with E-state index in [2.05, 4.69) is 22.0 Å². The molecule has 2 rings (SSSR count). The molecule has 5 nitrogen and oxygen atoms in total. The van der Waals surface area contributed by atoms with Gasteiger partial charge in [0.15, 0.2) is 11.5 Å². The van der Waals surface area contributed by atoms with Gasteiger partial charge >= 0.3 is 6.61 Å². The van der Waals surface area contributed by atoms with Gasteiger partial charge in [-0.25, -0.2) is 0 Å². The first-order valence-electron chi connectivity index (χ1n) is 8.62. The Morgan fingerprint density at radius 1 is 1.28 bits per heavy atom. The molecule has 0 atom stereocenters. The summed E-state index contributed by atoms with van der Waals surface area (Å²) in [4.78, 5) is 14.5. The number of halogens is 2. The van der Waals surface area contributed by atoms with E-state index in [-0.39, 0.29) is 23.0 Å². The summed E-state index contributed by atoms with van der Waals surface area (Å²) < 4.78 is 34.3. The normalized spacial score (nSPS) is 15.4. The summed E-state index contributed by atoms with van der Waals surface area (Å²) in [7, 11) is 3.43. The lowest BCUT2D eigenvalue weighted by Crippen LogP contribution is -2.39. The van der Waals surface area contributed by atoms with E-state index in [1.807, 2.05) is 0 Å². The fraction of sp³-hybridized carbons (Fsp3) is 0.611. The number of carbonyl (C=O) groups excluding carboxylic acids is 1. The number of hydrogen-bond acceptors (Lipinski definition) is 4. The number of hydrogen-bond donors (Lipinski definition) is 1. The van der Waals surface area contributed by atoms with Crippen molar-refractivity contribution < 1.29 is 23.0 Å². The quantitative estimate of drug-likeness (QED) is 0.777. The zero-order valence-electron chi connectivity index (χ0n) is 14.8. The number of likely N-dealkylation sites (N-methyl/N-ethyl adjacent to an activating group) is 1. The van der Waals surface area contributed by atoms with Crippen LogP contribution in [0.15, 0.2) is 18.2 Å². The molecule has 7 heteroatoms. The number of ether oxygens (including phenoxy) is 2. The number of alkyl halides is 2. The third-order valence-corrected chi connectivity index (χ3v) is 4.59. The molecule has 25 heavy (non-hydrogen) atoms. The van der Waals surface area contributed by atoms with Crippen molar-refractivity contribution in [3.63, 3.8) is 0 Å². The van der Waals surface area contributed by atoms with Gasteiger partial charge in [0.05, 0.1) is 7.11 Å². The van der Waals surface area contributed by atoms with Crippen LogP contribution < -0.4 is 14.8 Å². The zero-order valence-corrected chi connectivity index (χ0v) is 14.8. The fourth-order valence-electron chi connectivity index (χ4n) is 3.16. The van der Waals surface area contributed by atoms with Crippen LogP contribution in [-0.2, 0) is 0 Å². The lowest BCUT2D eigenvalue weighted by Gasteiger charge is -2.31. The summed E-state index contributed by atoms with van der Waals surface area (Å²) in [6, 6.07) is 4.82. The van der Waals surface area contributed by atoms with Gasteiger partial charge in [0.25, 0.3) is 5.91 Å². The van der Waals surface area contributed by atoms with Crippen molar-refractivity contribution in [2.75, 3.05) is 27.2 Å². The van der Waals surface area contributed by atoms with Gasteiger partial charge in [0, 0.05) is 24.7 Å². The van der Waals surface area contributed by atoms with Crippen molar-refractivity contribution in [1.82, 2.24) is 10.2 Å². The fourth-order valence-corrected chi connectivity index (χ4v) is 3.16. The molecule has 1 amide bonds. The third-order valence-electron chi connectivity index (χ3n) is 4.59. The van der Waals surface area contributed by atoms with Crippen molar-refractivity contribution in [2.45, 2.75) is 44.8 Å². The first kappa shape index (κ1) is 19.4. The van der Waals surface area contributed by atoms with Crippen molar-refractivity contribution in [3.8, 4) is 11.5 Å². The first-order chi connectivity index (χ1) is 12.0. The number of nitrogens with one attached hydrogen (secondary N) is 1. The smallest absolute Gasteiger partial charge is 0.387 e. The number of carbonyl (C=O) groups is 1. The average Bonchev–Trinajstić information content (AvgIpc) is 2.61. The van der Waals surface area contributed by atoms with Gasteiger partial charge in [0.2, 0.25) is 0 Å². The minimum absolute atomic E-state index is 0.149.